The summed E-state index contributed by atoms with van der Waals surface area (Å²) in [6, 6.07) is 8.11. The molecule has 2 amide bonds. The van der Waals surface area contributed by atoms with E-state index in [1.54, 1.807) is 35.2 Å². The van der Waals surface area contributed by atoms with Gasteiger partial charge in [0.15, 0.2) is 30.6 Å². The number of fused-ring (bicyclic) bond motifs is 2. The molecule has 0 spiro atoms. The van der Waals surface area contributed by atoms with Crippen LogP contribution in [0.3, 0.4) is 0 Å². The standard InChI is InChI=1S/C20H20N4O5/c1-2-7-23-13-8-12(3-4-15(13)28-10-18(23)26)14(25)9-24-19(27)11-29-16-5-6-17(21)22-20(16)24/h3-6,8H,2,7,9-11H2,1H3,(H2,21,22). The fourth-order valence-electron chi connectivity index (χ4n) is 3.33. The number of aromatic nitrogens is 1. The molecule has 0 radical (unpaired) electrons. The van der Waals surface area contributed by atoms with E-state index in [1.807, 2.05) is 6.92 Å². The normalized spacial score (nSPS) is 15.3. The Morgan fingerprint density at radius 1 is 1.07 bits per heavy atom. The van der Waals surface area contributed by atoms with Gasteiger partial charge in [-0.2, -0.15) is 0 Å². The smallest absolute Gasteiger partial charge is 0.266 e. The van der Waals surface area contributed by atoms with E-state index in [1.165, 1.54) is 4.90 Å². The number of hydrogen-bond acceptors (Lipinski definition) is 7. The van der Waals surface area contributed by atoms with Crippen molar-refractivity contribution in [2.45, 2.75) is 13.3 Å². The van der Waals surface area contributed by atoms with E-state index in [2.05, 4.69) is 4.98 Å². The molecule has 3 heterocycles. The molecule has 0 aliphatic carbocycles. The van der Waals surface area contributed by atoms with Crippen LogP contribution >= 0.6 is 0 Å². The van der Waals surface area contributed by atoms with Crippen LogP contribution < -0.4 is 25.0 Å². The van der Waals surface area contributed by atoms with E-state index in [9.17, 15) is 14.4 Å². The third-order valence-corrected chi connectivity index (χ3v) is 4.74. The van der Waals surface area contributed by atoms with Gasteiger partial charge < -0.3 is 20.1 Å². The molecule has 0 saturated heterocycles. The molecule has 0 unspecified atom stereocenters. The Morgan fingerprint density at radius 2 is 1.76 bits per heavy atom. The molecule has 4 rings (SSSR count). The van der Waals surface area contributed by atoms with Crippen molar-refractivity contribution in [2.75, 3.05) is 41.8 Å². The van der Waals surface area contributed by atoms with Gasteiger partial charge in [0, 0.05) is 12.1 Å². The number of hydrogen-bond donors (Lipinski definition) is 1. The van der Waals surface area contributed by atoms with Crippen molar-refractivity contribution in [1.82, 2.24) is 4.98 Å². The molecule has 2 N–H and O–H groups in total. The van der Waals surface area contributed by atoms with Crippen LogP contribution in [0.15, 0.2) is 30.3 Å². The number of carbonyl (C=O) groups is 3. The third-order valence-electron chi connectivity index (χ3n) is 4.74. The van der Waals surface area contributed by atoms with Gasteiger partial charge in [0.25, 0.3) is 11.8 Å². The number of nitrogens with two attached hydrogens (primary N) is 1. The molecule has 2 aliphatic rings. The number of nitrogens with zero attached hydrogens (tertiary/aromatic N) is 3. The van der Waals surface area contributed by atoms with Crippen LogP contribution in [0.2, 0.25) is 0 Å². The molecule has 1 aromatic heterocycles. The van der Waals surface area contributed by atoms with Gasteiger partial charge in [0.05, 0.1) is 12.2 Å². The summed E-state index contributed by atoms with van der Waals surface area (Å²) in [6.07, 6.45) is 0.773. The number of anilines is 3. The van der Waals surface area contributed by atoms with Crippen LogP contribution in [-0.4, -0.2) is 48.9 Å². The van der Waals surface area contributed by atoms with Crippen molar-refractivity contribution in [3.05, 3.63) is 35.9 Å². The zero-order chi connectivity index (χ0) is 20.5. The first-order valence-electron chi connectivity index (χ1n) is 9.28. The summed E-state index contributed by atoms with van der Waals surface area (Å²) in [7, 11) is 0. The van der Waals surface area contributed by atoms with Crippen LogP contribution in [0, 0.1) is 0 Å². The van der Waals surface area contributed by atoms with E-state index in [4.69, 9.17) is 15.2 Å². The molecule has 150 valence electrons. The lowest BCUT2D eigenvalue weighted by Gasteiger charge is -2.30. The van der Waals surface area contributed by atoms with Crippen LogP contribution in [0.1, 0.15) is 23.7 Å². The molecule has 29 heavy (non-hydrogen) atoms. The average molecular weight is 396 g/mol. The van der Waals surface area contributed by atoms with Crippen LogP contribution in [0.4, 0.5) is 17.3 Å². The van der Waals surface area contributed by atoms with Crippen molar-refractivity contribution in [3.63, 3.8) is 0 Å². The summed E-state index contributed by atoms with van der Waals surface area (Å²) in [5, 5.41) is 0. The molecule has 2 aliphatic heterocycles. The summed E-state index contributed by atoms with van der Waals surface area (Å²) in [5.74, 6) is 0.557. The average Bonchev–Trinajstić information content (AvgIpc) is 2.72. The lowest BCUT2D eigenvalue weighted by Crippen LogP contribution is -2.43. The third kappa shape index (κ3) is 3.46. The number of ether oxygens (including phenoxy) is 2. The predicted octanol–water partition coefficient (Wildman–Crippen LogP) is 1.41. The minimum absolute atomic E-state index is 0.0214. The van der Waals surface area contributed by atoms with E-state index in [0.29, 0.717) is 29.3 Å². The quantitative estimate of drug-likeness (QED) is 0.760. The summed E-state index contributed by atoms with van der Waals surface area (Å²) in [6.45, 7) is 2.09. The fourth-order valence-corrected chi connectivity index (χ4v) is 3.33. The van der Waals surface area contributed by atoms with Crippen molar-refractivity contribution >= 4 is 34.9 Å². The Balaban J connectivity index is 1.62. The molecule has 0 atom stereocenters. The van der Waals surface area contributed by atoms with Crippen LogP contribution in [0.5, 0.6) is 11.5 Å². The van der Waals surface area contributed by atoms with E-state index >= 15 is 0 Å². The number of pyridine rings is 1. The Kier molecular flexibility index (Phi) is 4.79. The molecular formula is C20H20N4O5. The fraction of sp³-hybridized carbons (Fsp3) is 0.300. The molecule has 0 saturated carbocycles. The Bertz CT molecular complexity index is 1010. The topological polar surface area (TPSA) is 115 Å². The molecule has 0 bridgehead atoms. The SMILES string of the molecule is CCCN1C(=O)COc2ccc(C(=O)CN3C(=O)COc4ccc(N)nc43)cc21. The first kappa shape index (κ1) is 18.7. The summed E-state index contributed by atoms with van der Waals surface area (Å²) < 4.78 is 10.8. The molecular weight excluding hydrogens is 376 g/mol. The minimum Gasteiger partial charge on any atom is -0.482 e. The van der Waals surface area contributed by atoms with E-state index < -0.39 is 0 Å². The Labute approximate surface area is 167 Å². The van der Waals surface area contributed by atoms with E-state index in [-0.39, 0.29) is 49.0 Å². The van der Waals surface area contributed by atoms with Gasteiger partial charge in [0.2, 0.25) is 0 Å². The van der Waals surface area contributed by atoms with E-state index in [0.717, 1.165) is 6.42 Å². The van der Waals surface area contributed by atoms with Crippen molar-refractivity contribution in [3.8, 4) is 11.5 Å². The number of carbonyl (C=O) groups excluding carboxylic acids is 3. The lowest BCUT2D eigenvalue weighted by molar-refractivity contribution is -0.122. The highest BCUT2D eigenvalue weighted by molar-refractivity contribution is 6.08. The highest BCUT2D eigenvalue weighted by Crippen LogP contribution is 2.34. The number of benzene rings is 1. The van der Waals surface area contributed by atoms with Gasteiger partial charge in [-0.05, 0) is 36.8 Å². The largest absolute Gasteiger partial charge is 0.482 e. The molecule has 2 aromatic rings. The molecule has 9 nitrogen and oxygen atoms in total. The van der Waals surface area contributed by atoms with Crippen LogP contribution in [-0.2, 0) is 9.59 Å². The summed E-state index contributed by atoms with van der Waals surface area (Å²) in [5.41, 5.74) is 6.65. The van der Waals surface area contributed by atoms with Crippen molar-refractivity contribution in [2.24, 2.45) is 0 Å². The molecule has 1 aromatic carbocycles. The Morgan fingerprint density at radius 3 is 2.52 bits per heavy atom. The second-order valence-electron chi connectivity index (χ2n) is 6.77. The minimum atomic E-state index is -0.381. The summed E-state index contributed by atoms with van der Waals surface area (Å²) >= 11 is 0. The highest BCUT2D eigenvalue weighted by Gasteiger charge is 2.30. The second kappa shape index (κ2) is 7.42. The molecule has 0 fully saturated rings. The number of rotatable bonds is 5. The lowest BCUT2D eigenvalue weighted by atomic mass is 10.1. The highest BCUT2D eigenvalue weighted by atomic mass is 16.5. The second-order valence-corrected chi connectivity index (χ2v) is 6.77. The zero-order valence-corrected chi connectivity index (χ0v) is 15.9. The van der Waals surface area contributed by atoms with Gasteiger partial charge in [-0.15, -0.1) is 0 Å². The van der Waals surface area contributed by atoms with Gasteiger partial charge >= 0.3 is 0 Å². The van der Waals surface area contributed by atoms with Crippen LogP contribution in [0.25, 0.3) is 0 Å². The Hall–Kier alpha value is -3.62. The van der Waals surface area contributed by atoms with Crippen molar-refractivity contribution in [1.29, 1.82) is 0 Å². The van der Waals surface area contributed by atoms with Crippen molar-refractivity contribution < 1.29 is 23.9 Å². The van der Waals surface area contributed by atoms with Gasteiger partial charge in [-0.1, -0.05) is 6.92 Å². The number of amides is 2. The summed E-state index contributed by atoms with van der Waals surface area (Å²) in [4.78, 5) is 44.5. The first-order valence-corrected chi connectivity index (χ1v) is 9.28. The number of Topliss-reactive ketones (excluding diaryl/α,β-unsaturated/α-hetero) is 1. The monoisotopic (exact) mass is 396 g/mol. The first-order chi connectivity index (χ1) is 14.0. The zero-order valence-electron chi connectivity index (χ0n) is 15.9. The predicted molar refractivity (Wildman–Crippen MR) is 105 cm³/mol. The maximum absolute atomic E-state index is 12.9. The molecule has 9 heteroatoms. The number of ketones is 1. The van der Waals surface area contributed by atoms with Gasteiger partial charge in [-0.3, -0.25) is 19.3 Å². The van der Waals surface area contributed by atoms with Gasteiger partial charge in [-0.25, -0.2) is 4.98 Å². The maximum Gasteiger partial charge on any atom is 0.266 e. The maximum atomic E-state index is 12.9. The van der Waals surface area contributed by atoms with Gasteiger partial charge in [0.1, 0.15) is 11.6 Å². The number of nitrogen functional groups attached to an aromatic ring is 1.